The minimum Gasteiger partial charge on any atom is -0.336 e. The molecule has 0 aliphatic heterocycles. The van der Waals surface area contributed by atoms with Gasteiger partial charge < -0.3 is 5.32 Å². The van der Waals surface area contributed by atoms with Crippen molar-refractivity contribution in [3.63, 3.8) is 0 Å². The smallest absolute Gasteiger partial charge is 0.236 e. The first-order valence-electron chi connectivity index (χ1n) is 8.04. The molecule has 0 atom stereocenters. The van der Waals surface area contributed by atoms with Gasteiger partial charge >= 0.3 is 0 Å². The zero-order chi connectivity index (χ0) is 17.0. The van der Waals surface area contributed by atoms with Gasteiger partial charge in [0.1, 0.15) is 5.54 Å². The zero-order valence-electron chi connectivity index (χ0n) is 13.5. The molecule has 3 nitrogen and oxygen atoms in total. The number of aromatic nitrogens is 2. The van der Waals surface area contributed by atoms with Crippen LogP contribution in [0.15, 0.2) is 91.0 Å². The summed E-state index contributed by atoms with van der Waals surface area (Å²) in [6, 6.07) is 31.2. The van der Waals surface area contributed by atoms with E-state index < -0.39 is 5.54 Å². The predicted octanol–water partition coefficient (Wildman–Crippen LogP) is 4.74. The standard InChI is InChI=1S/C21H16N3S/c1-4-10-17(11-5-1)21(18-12-6-2-7-13-18,19-14-8-3-9-15-19)23-20-22-16-25-24-20/h1-15H,(H,23,24). The Kier molecular flexibility index (Phi) is 4.27. The molecule has 0 fully saturated rings. The number of rotatable bonds is 5. The maximum atomic E-state index is 4.34. The highest BCUT2D eigenvalue weighted by molar-refractivity contribution is 7.02. The fourth-order valence-electron chi connectivity index (χ4n) is 3.15. The minimum absolute atomic E-state index is 0.571. The molecule has 4 heteroatoms. The molecular weight excluding hydrogens is 326 g/mol. The van der Waals surface area contributed by atoms with Gasteiger partial charge in [-0.2, -0.15) is 9.36 Å². The summed E-state index contributed by atoms with van der Waals surface area (Å²) in [4.78, 5) is 4.25. The van der Waals surface area contributed by atoms with E-state index in [1.807, 2.05) is 18.2 Å². The van der Waals surface area contributed by atoms with Crippen LogP contribution in [0, 0.1) is 5.51 Å². The van der Waals surface area contributed by atoms with Gasteiger partial charge in [-0.05, 0) is 28.2 Å². The third kappa shape index (κ3) is 2.92. The first kappa shape index (κ1) is 15.5. The summed E-state index contributed by atoms with van der Waals surface area (Å²) in [5.41, 5.74) is 5.62. The highest BCUT2D eigenvalue weighted by Gasteiger charge is 2.37. The third-order valence-electron chi connectivity index (χ3n) is 4.24. The van der Waals surface area contributed by atoms with E-state index in [0.717, 1.165) is 16.7 Å². The van der Waals surface area contributed by atoms with Crippen LogP contribution in [0.1, 0.15) is 16.7 Å². The molecule has 121 valence electrons. The van der Waals surface area contributed by atoms with E-state index >= 15 is 0 Å². The van der Waals surface area contributed by atoms with Crippen LogP contribution in [0.4, 0.5) is 5.95 Å². The molecule has 0 aliphatic rings. The fourth-order valence-corrected chi connectivity index (χ4v) is 3.49. The summed E-state index contributed by atoms with van der Waals surface area (Å²) in [6.07, 6.45) is 0. The van der Waals surface area contributed by atoms with Gasteiger partial charge in [-0.1, -0.05) is 91.0 Å². The van der Waals surface area contributed by atoms with Gasteiger partial charge in [-0.25, -0.2) is 0 Å². The molecule has 0 saturated heterocycles. The lowest BCUT2D eigenvalue weighted by atomic mass is 9.77. The summed E-state index contributed by atoms with van der Waals surface area (Å²) in [5, 5.41) is 3.58. The Labute approximate surface area is 151 Å². The van der Waals surface area contributed by atoms with Crippen LogP contribution in [0.25, 0.3) is 0 Å². The van der Waals surface area contributed by atoms with Crippen molar-refractivity contribution in [1.29, 1.82) is 0 Å². The van der Waals surface area contributed by atoms with E-state index in [-0.39, 0.29) is 0 Å². The average molecular weight is 342 g/mol. The van der Waals surface area contributed by atoms with Gasteiger partial charge in [0.25, 0.3) is 0 Å². The Bertz CT molecular complexity index is 811. The second-order valence-corrected chi connectivity index (χ2v) is 6.23. The maximum Gasteiger partial charge on any atom is 0.236 e. The molecule has 0 saturated carbocycles. The zero-order valence-corrected chi connectivity index (χ0v) is 14.3. The van der Waals surface area contributed by atoms with E-state index in [9.17, 15) is 0 Å². The van der Waals surface area contributed by atoms with Crippen LogP contribution in [-0.2, 0) is 5.54 Å². The van der Waals surface area contributed by atoms with E-state index in [2.05, 4.69) is 93.0 Å². The van der Waals surface area contributed by atoms with Crippen molar-refractivity contribution in [2.75, 3.05) is 5.32 Å². The van der Waals surface area contributed by atoms with Crippen molar-refractivity contribution in [3.8, 4) is 0 Å². The van der Waals surface area contributed by atoms with Gasteiger partial charge in [0.2, 0.25) is 5.95 Å². The molecule has 4 aromatic rings. The van der Waals surface area contributed by atoms with Crippen molar-refractivity contribution in [1.82, 2.24) is 9.36 Å². The normalized spacial score (nSPS) is 11.2. The van der Waals surface area contributed by atoms with Crippen LogP contribution in [0.5, 0.6) is 0 Å². The first-order valence-corrected chi connectivity index (χ1v) is 8.81. The van der Waals surface area contributed by atoms with Gasteiger partial charge in [0.15, 0.2) is 5.51 Å². The lowest BCUT2D eigenvalue weighted by molar-refractivity contribution is 0.703. The molecule has 4 rings (SSSR count). The summed E-state index contributed by atoms with van der Waals surface area (Å²) < 4.78 is 4.34. The number of benzene rings is 3. The number of hydrogen-bond donors (Lipinski definition) is 1. The van der Waals surface area contributed by atoms with Crippen molar-refractivity contribution in [2.24, 2.45) is 0 Å². The number of anilines is 1. The molecule has 0 bridgehead atoms. The van der Waals surface area contributed by atoms with Gasteiger partial charge in [0.05, 0.1) is 0 Å². The monoisotopic (exact) mass is 342 g/mol. The molecule has 25 heavy (non-hydrogen) atoms. The van der Waals surface area contributed by atoms with Crippen LogP contribution >= 0.6 is 11.5 Å². The Balaban J connectivity index is 2.01. The Morgan fingerprint density at radius 1 is 0.680 bits per heavy atom. The van der Waals surface area contributed by atoms with Crippen LogP contribution in [0.2, 0.25) is 0 Å². The van der Waals surface area contributed by atoms with Crippen LogP contribution in [0.3, 0.4) is 0 Å². The molecule has 1 heterocycles. The quantitative estimate of drug-likeness (QED) is 0.532. The molecule has 0 amide bonds. The van der Waals surface area contributed by atoms with Crippen LogP contribution in [-0.4, -0.2) is 9.36 Å². The number of hydrogen-bond acceptors (Lipinski definition) is 4. The van der Waals surface area contributed by atoms with Gasteiger partial charge in [-0.3, -0.25) is 0 Å². The second-order valence-electron chi connectivity index (χ2n) is 5.68. The van der Waals surface area contributed by atoms with Gasteiger partial charge in [-0.15, -0.1) is 0 Å². The largest absolute Gasteiger partial charge is 0.336 e. The van der Waals surface area contributed by atoms with E-state index in [4.69, 9.17) is 0 Å². The SMILES string of the molecule is [c]1nc(NC(c2ccccc2)(c2ccccc2)c2ccccc2)ns1. The van der Waals surface area contributed by atoms with Crippen molar-refractivity contribution >= 4 is 17.5 Å². The van der Waals surface area contributed by atoms with Crippen molar-refractivity contribution < 1.29 is 0 Å². The Hall–Kier alpha value is -2.98. The molecule has 1 aromatic heterocycles. The third-order valence-corrected chi connectivity index (χ3v) is 4.68. The van der Waals surface area contributed by atoms with E-state index in [1.54, 1.807) is 0 Å². The Morgan fingerprint density at radius 3 is 1.48 bits per heavy atom. The molecule has 0 unspecified atom stereocenters. The predicted molar refractivity (Wildman–Crippen MR) is 102 cm³/mol. The molecule has 0 spiro atoms. The highest BCUT2D eigenvalue weighted by atomic mass is 32.1. The first-order chi connectivity index (χ1) is 12.4. The van der Waals surface area contributed by atoms with Crippen LogP contribution < -0.4 is 5.32 Å². The summed E-state index contributed by atoms with van der Waals surface area (Å²) >= 11 is 1.22. The molecule has 3 aromatic carbocycles. The van der Waals surface area contributed by atoms with E-state index in [0.29, 0.717) is 5.95 Å². The topological polar surface area (TPSA) is 37.8 Å². The summed E-state index contributed by atoms with van der Waals surface area (Å²) in [7, 11) is 0. The fraction of sp³-hybridized carbons (Fsp3) is 0.0476. The summed E-state index contributed by atoms with van der Waals surface area (Å²) in [5.74, 6) is 0.571. The second kappa shape index (κ2) is 6.87. The number of nitrogens with one attached hydrogen (secondary N) is 1. The molecule has 0 aliphatic carbocycles. The van der Waals surface area contributed by atoms with Crippen molar-refractivity contribution in [2.45, 2.75) is 5.54 Å². The highest BCUT2D eigenvalue weighted by Crippen LogP contribution is 2.39. The molecule has 1 N–H and O–H groups in total. The lowest BCUT2D eigenvalue weighted by Crippen LogP contribution is -2.38. The number of nitrogens with zero attached hydrogens (tertiary/aromatic N) is 2. The maximum absolute atomic E-state index is 4.34. The van der Waals surface area contributed by atoms with Gasteiger partial charge in [0, 0.05) is 0 Å². The summed E-state index contributed by atoms with van der Waals surface area (Å²) in [6.45, 7) is 0. The van der Waals surface area contributed by atoms with Crippen molar-refractivity contribution in [3.05, 3.63) is 113 Å². The molecule has 1 radical (unpaired) electrons. The Morgan fingerprint density at radius 2 is 1.12 bits per heavy atom. The molecular formula is C21H16N3S. The average Bonchev–Trinajstić information content (AvgIpc) is 3.21. The minimum atomic E-state index is -0.585. The lowest BCUT2D eigenvalue weighted by Gasteiger charge is -2.36. The van der Waals surface area contributed by atoms with E-state index in [1.165, 1.54) is 11.5 Å².